The molecule has 0 aromatic heterocycles. The number of rotatable bonds is 4. The summed E-state index contributed by atoms with van der Waals surface area (Å²) in [5.41, 5.74) is 2.58. The molecule has 2 nitrogen and oxygen atoms in total. The summed E-state index contributed by atoms with van der Waals surface area (Å²) in [7, 11) is 2.05. The van der Waals surface area contributed by atoms with Gasteiger partial charge < -0.3 is 5.32 Å². The molecule has 19 heavy (non-hydrogen) atoms. The molecule has 0 radical (unpaired) electrons. The maximum absolute atomic E-state index is 6.33. The summed E-state index contributed by atoms with van der Waals surface area (Å²) in [6, 6.07) is 8.00. The molecule has 1 aromatic rings. The largest absolute Gasteiger partial charge is 0.319 e. The molecular formula is C16H23ClN2. The average molecular weight is 279 g/mol. The van der Waals surface area contributed by atoms with Gasteiger partial charge in [0.1, 0.15) is 0 Å². The van der Waals surface area contributed by atoms with Crippen molar-refractivity contribution in [1.29, 1.82) is 0 Å². The average Bonchev–Trinajstić information content (AvgIpc) is 3.15. The van der Waals surface area contributed by atoms with Crippen LogP contribution in [0.3, 0.4) is 0 Å². The lowest BCUT2D eigenvalue weighted by molar-refractivity contribution is 0.217. The highest BCUT2D eigenvalue weighted by molar-refractivity contribution is 6.31. The van der Waals surface area contributed by atoms with Crippen molar-refractivity contribution < 1.29 is 0 Å². The van der Waals surface area contributed by atoms with Crippen molar-refractivity contribution in [1.82, 2.24) is 10.2 Å². The zero-order chi connectivity index (χ0) is 13.4. The highest BCUT2D eigenvalue weighted by Gasteiger charge is 2.42. The van der Waals surface area contributed by atoms with Crippen LogP contribution in [0.2, 0.25) is 5.02 Å². The molecule has 1 aliphatic heterocycles. The Hall–Kier alpha value is -0.570. The quantitative estimate of drug-likeness (QED) is 0.908. The molecule has 1 saturated carbocycles. The summed E-state index contributed by atoms with van der Waals surface area (Å²) in [6.07, 6.45) is 4.05. The fourth-order valence-corrected chi connectivity index (χ4v) is 3.62. The number of hydrogen-bond acceptors (Lipinski definition) is 2. The topological polar surface area (TPSA) is 15.3 Å². The number of aryl methyl sites for hydroxylation is 1. The van der Waals surface area contributed by atoms with Gasteiger partial charge in [-0.05, 0) is 69.4 Å². The van der Waals surface area contributed by atoms with Gasteiger partial charge in [-0.3, -0.25) is 4.90 Å². The van der Waals surface area contributed by atoms with Crippen LogP contribution in [0.1, 0.15) is 36.4 Å². The SMILES string of the molecule is CNCC1CCN(C2CC2)C1c1ccc(C)c(Cl)c1. The summed E-state index contributed by atoms with van der Waals surface area (Å²) in [5, 5.41) is 4.26. The predicted octanol–water partition coefficient (Wildman–Crippen LogP) is 3.39. The standard InChI is InChI=1S/C16H23ClN2/c1-11-3-4-12(9-15(11)17)16-13(10-18-2)7-8-19(16)14-5-6-14/h3-4,9,13-14,16,18H,5-8,10H2,1-2H3. The van der Waals surface area contributed by atoms with Crippen molar-refractivity contribution in [2.75, 3.05) is 20.1 Å². The van der Waals surface area contributed by atoms with Crippen LogP contribution in [0, 0.1) is 12.8 Å². The molecule has 0 bridgehead atoms. The minimum absolute atomic E-state index is 0.554. The van der Waals surface area contributed by atoms with Gasteiger partial charge in [0.2, 0.25) is 0 Å². The van der Waals surface area contributed by atoms with Gasteiger partial charge in [-0.1, -0.05) is 23.7 Å². The monoisotopic (exact) mass is 278 g/mol. The Morgan fingerprint density at radius 1 is 1.32 bits per heavy atom. The van der Waals surface area contributed by atoms with Crippen molar-refractivity contribution in [3.63, 3.8) is 0 Å². The van der Waals surface area contributed by atoms with Crippen molar-refractivity contribution in [3.8, 4) is 0 Å². The van der Waals surface area contributed by atoms with Crippen LogP contribution < -0.4 is 5.32 Å². The molecule has 2 aliphatic rings. The van der Waals surface area contributed by atoms with E-state index in [4.69, 9.17) is 11.6 Å². The van der Waals surface area contributed by atoms with Gasteiger partial charge in [-0.25, -0.2) is 0 Å². The van der Waals surface area contributed by atoms with E-state index in [0.717, 1.165) is 17.6 Å². The van der Waals surface area contributed by atoms with Crippen LogP contribution in [0.15, 0.2) is 18.2 Å². The molecule has 2 atom stereocenters. The molecule has 3 rings (SSSR count). The third-order valence-corrected chi connectivity index (χ3v) is 4.99. The second kappa shape index (κ2) is 5.43. The van der Waals surface area contributed by atoms with E-state index in [1.165, 1.54) is 36.9 Å². The van der Waals surface area contributed by atoms with Crippen LogP contribution in [-0.2, 0) is 0 Å². The third kappa shape index (κ3) is 2.67. The maximum atomic E-state index is 6.33. The molecule has 1 heterocycles. The van der Waals surface area contributed by atoms with E-state index in [1.54, 1.807) is 0 Å². The summed E-state index contributed by atoms with van der Waals surface area (Å²) < 4.78 is 0. The zero-order valence-electron chi connectivity index (χ0n) is 11.8. The number of likely N-dealkylation sites (tertiary alicyclic amines) is 1. The normalized spacial score (nSPS) is 27.9. The van der Waals surface area contributed by atoms with E-state index in [-0.39, 0.29) is 0 Å². The summed E-state index contributed by atoms with van der Waals surface area (Å²) in [5.74, 6) is 0.712. The smallest absolute Gasteiger partial charge is 0.0438 e. The summed E-state index contributed by atoms with van der Waals surface area (Å²) >= 11 is 6.33. The first-order valence-electron chi connectivity index (χ1n) is 7.37. The van der Waals surface area contributed by atoms with Gasteiger partial charge in [0.05, 0.1) is 0 Å². The van der Waals surface area contributed by atoms with Crippen LogP contribution in [-0.4, -0.2) is 31.1 Å². The molecule has 0 amide bonds. The maximum Gasteiger partial charge on any atom is 0.0438 e. The predicted molar refractivity (Wildman–Crippen MR) is 80.7 cm³/mol. The third-order valence-electron chi connectivity index (χ3n) is 4.58. The minimum Gasteiger partial charge on any atom is -0.319 e. The lowest BCUT2D eigenvalue weighted by atomic mass is 9.93. The Kier molecular flexibility index (Phi) is 3.84. The van der Waals surface area contributed by atoms with E-state index in [9.17, 15) is 0 Å². The highest BCUT2D eigenvalue weighted by atomic mass is 35.5. The van der Waals surface area contributed by atoms with Gasteiger partial charge in [-0.15, -0.1) is 0 Å². The minimum atomic E-state index is 0.554. The Bertz CT molecular complexity index is 456. The highest BCUT2D eigenvalue weighted by Crippen LogP contribution is 2.44. The van der Waals surface area contributed by atoms with E-state index in [2.05, 4.69) is 42.4 Å². The second-order valence-corrected chi connectivity index (χ2v) is 6.44. The number of hydrogen-bond donors (Lipinski definition) is 1. The molecule has 2 fully saturated rings. The van der Waals surface area contributed by atoms with E-state index < -0.39 is 0 Å². The van der Waals surface area contributed by atoms with Crippen LogP contribution >= 0.6 is 11.6 Å². The second-order valence-electron chi connectivity index (χ2n) is 6.03. The Morgan fingerprint density at radius 2 is 2.11 bits per heavy atom. The molecule has 104 valence electrons. The van der Waals surface area contributed by atoms with Gasteiger partial charge in [0, 0.05) is 17.1 Å². The van der Waals surface area contributed by atoms with Crippen molar-refractivity contribution in [2.24, 2.45) is 5.92 Å². The van der Waals surface area contributed by atoms with Crippen molar-refractivity contribution >= 4 is 11.6 Å². The molecule has 2 unspecified atom stereocenters. The Balaban J connectivity index is 1.89. The van der Waals surface area contributed by atoms with Gasteiger partial charge in [-0.2, -0.15) is 0 Å². The van der Waals surface area contributed by atoms with Crippen molar-refractivity contribution in [3.05, 3.63) is 34.3 Å². The van der Waals surface area contributed by atoms with Gasteiger partial charge >= 0.3 is 0 Å². The fraction of sp³-hybridized carbons (Fsp3) is 0.625. The summed E-state index contributed by atoms with van der Waals surface area (Å²) in [6.45, 7) is 4.41. The van der Waals surface area contributed by atoms with Gasteiger partial charge in [0.25, 0.3) is 0 Å². The zero-order valence-corrected chi connectivity index (χ0v) is 12.6. The van der Waals surface area contributed by atoms with E-state index in [1.807, 2.05) is 0 Å². The fourth-order valence-electron chi connectivity index (χ4n) is 3.43. The first kappa shape index (κ1) is 13.4. The first-order valence-corrected chi connectivity index (χ1v) is 7.75. The molecule has 1 aromatic carbocycles. The molecule has 1 aliphatic carbocycles. The lowest BCUT2D eigenvalue weighted by Crippen LogP contribution is -2.30. The molecule has 1 N–H and O–H groups in total. The van der Waals surface area contributed by atoms with Crippen LogP contribution in [0.4, 0.5) is 0 Å². The Labute approximate surface area is 121 Å². The number of nitrogens with zero attached hydrogens (tertiary/aromatic N) is 1. The molecule has 0 spiro atoms. The van der Waals surface area contributed by atoms with Crippen LogP contribution in [0.5, 0.6) is 0 Å². The van der Waals surface area contributed by atoms with E-state index in [0.29, 0.717) is 12.0 Å². The van der Waals surface area contributed by atoms with Crippen LogP contribution in [0.25, 0.3) is 0 Å². The van der Waals surface area contributed by atoms with Gasteiger partial charge in [0.15, 0.2) is 0 Å². The Morgan fingerprint density at radius 3 is 2.74 bits per heavy atom. The van der Waals surface area contributed by atoms with Crippen molar-refractivity contribution in [2.45, 2.75) is 38.3 Å². The lowest BCUT2D eigenvalue weighted by Gasteiger charge is -2.29. The first-order chi connectivity index (χ1) is 9.20. The number of halogens is 1. The number of benzene rings is 1. The number of nitrogens with one attached hydrogen (secondary N) is 1. The summed E-state index contributed by atoms with van der Waals surface area (Å²) in [4.78, 5) is 2.71. The molecule has 3 heteroatoms. The van der Waals surface area contributed by atoms with E-state index >= 15 is 0 Å². The molecular weight excluding hydrogens is 256 g/mol. The molecule has 1 saturated heterocycles.